The van der Waals surface area contributed by atoms with Gasteiger partial charge in [0.25, 0.3) is 10.8 Å². The number of rotatable bonds is 3. The van der Waals surface area contributed by atoms with Crippen LogP contribution in [0.2, 0.25) is 0 Å². The lowest BCUT2D eigenvalue weighted by atomic mass is 10.2. The highest BCUT2D eigenvalue weighted by atomic mass is 32.2. The van der Waals surface area contributed by atoms with E-state index in [-0.39, 0.29) is 5.82 Å². The van der Waals surface area contributed by atoms with Crippen LogP contribution in [-0.4, -0.2) is 5.10 Å². The number of hydrogen-bond acceptors (Lipinski definition) is 4. The van der Waals surface area contributed by atoms with Crippen molar-refractivity contribution in [3.05, 3.63) is 65.8 Å². The molecular weight excluding hydrogens is 317 g/mol. The molecule has 0 aliphatic heterocycles. The number of thiazole rings is 1. The van der Waals surface area contributed by atoms with E-state index in [1.807, 2.05) is 22.7 Å². The van der Waals surface area contributed by atoms with Crippen molar-refractivity contribution in [2.75, 3.05) is 5.32 Å². The van der Waals surface area contributed by atoms with Crippen molar-refractivity contribution in [1.82, 2.24) is 5.10 Å². The van der Waals surface area contributed by atoms with Crippen LogP contribution >= 0.6 is 22.7 Å². The van der Waals surface area contributed by atoms with Crippen LogP contribution in [0.1, 0.15) is 0 Å². The van der Waals surface area contributed by atoms with Gasteiger partial charge in [-0.25, -0.2) is 4.39 Å². The van der Waals surface area contributed by atoms with E-state index in [9.17, 15) is 4.39 Å². The molecule has 0 amide bonds. The molecule has 0 saturated heterocycles. The van der Waals surface area contributed by atoms with Gasteiger partial charge in [-0.1, -0.05) is 29.5 Å². The Morgan fingerprint density at radius 1 is 1.00 bits per heavy atom. The Balaban J connectivity index is 1.70. The molecule has 22 heavy (non-hydrogen) atoms. The summed E-state index contributed by atoms with van der Waals surface area (Å²) < 4.78 is 16.0. The average molecular weight is 328 g/mol. The summed E-state index contributed by atoms with van der Waals surface area (Å²) in [6.07, 6.45) is 0. The maximum atomic E-state index is 12.9. The zero-order valence-electron chi connectivity index (χ0n) is 11.4. The molecule has 0 radical (unpaired) electrons. The van der Waals surface area contributed by atoms with Crippen molar-refractivity contribution in [2.24, 2.45) is 0 Å². The van der Waals surface area contributed by atoms with Crippen LogP contribution in [0.5, 0.6) is 0 Å². The first-order valence-corrected chi connectivity index (χ1v) is 8.37. The maximum Gasteiger partial charge on any atom is 0.354 e. The summed E-state index contributed by atoms with van der Waals surface area (Å²) in [4.78, 5) is 0. The molecule has 0 fully saturated rings. The van der Waals surface area contributed by atoms with Crippen LogP contribution in [0.4, 0.5) is 15.2 Å². The summed E-state index contributed by atoms with van der Waals surface area (Å²) in [5, 5.41) is 10.7. The number of anilines is 2. The first kappa shape index (κ1) is 13.4. The second-order valence-corrected chi connectivity index (χ2v) is 6.80. The Bertz CT molecular complexity index is 914. The molecule has 2 aromatic carbocycles. The molecule has 2 aromatic heterocycles. The van der Waals surface area contributed by atoms with Gasteiger partial charge in [0.05, 0.1) is 10.9 Å². The molecular formula is C16H11FN3S2+. The van der Waals surface area contributed by atoms with Gasteiger partial charge in [-0.15, -0.1) is 0 Å². The summed E-state index contributed by atoms with van der Waals surface area (Å²) in [7, 11) is 0. The van der Waals surface area contributed by atoms with E-state index in [0.717, 1.165) is 26.2 Å². The Morgan fingerprint density at radius 2 is 1.77 bits per heavy atom. The fraction of sp³-hybridized carbons (Fsp3) is 0. The molecule has 1 N–H and O–H groups in total. The number of benzene rings is 2. The predicted molar refractivity (Wildman–Crippen MR) is 88.3 cm³/mol. The predicted octanol–water partition coefficient (Wildman–Crippen LogP) is 4.49. The van der Waals surface area contributed by atoms with E-state index in [2.05, 4.69) is 27.9 Å². The molecule has 2 heterocycles. The highest BCUT2D eigenvalue weighted by Gasteiger charge is 2.21. The van der Waals surface area contributed by atoms with E-state index in [0.29, 0.717) is 0 Å². The summed E-state index contributed by atoms with van der Waals surface area (Å²) in [6.45, 7) is 0. The lowest BCUT2D eigenvalue weighted by Crippen LogP contribution is -2.22. The number of nitrogens with zero attached hydrogens (tertiary/aromatic N) is 2. The van der Waals surface area contributed by atoms with Crippen LogP contribution in [0, 0.1) is 5.82 Å². The zero-order chi connectivity index (χ0) is 14.9. The number of nitrogens with one attached hydrogen (secondary N) is 1. The fourth-order valence-corrected chi connectivity index (χ4v) is 4.11. The maximum absolute atomic E-state index is 12.9. The number of hydrogen-bond donors (Lipinski definition) is 1. The van der Waals surface area contributed by atoms with Gasteiger partial charge in [0.15, 0.2) is 0 Å². The minimum absolute atomic E-state index is 0.244. The molecule has 0 spiro atoms. The minimum Gasteiger partial charge on any atom is -0.326 e. The summed E-state index contributed by atoms with van der Waals surface area (Å²) >= 11 is 3.24. The lowest BCUT2D eigenvalue weighted by Gasteiger charge is -1.98. The Kier molecular flexibility index (Phi) is 3.32. The van der Waals surface area contributed by atoms with Crippen LogP contribution in [0.15, 0.2) is 60.0 Å². The lowest BCUT2D eigenvalue weighted by molar-refractivity contribution is -0.559. The van der Waals surface area contributed by atoms with Crippen molar-refractivity contribution in [1.29, 1.82) is 0 Å². The zero-order valence-corrected chi connectivity index (χ0v) is 13.0. The van der Waals surface area contributed by atoms with Crippen molar-refractivity contribution in [3.8, 4) is 11.3 Å². The molecule has 6 heteroatoms. The van der Waals surface area contributed by atoms with Gasteiger partial charge in [0.1, 0.15) is 5.82 Å². The van der Waals surface area contributed by atoms with Gasteiger partial charge >= 0.3 is 4.14 Å². The highest BCUT2D eigenvalue weighted by Crippen LogP contribution is 2.27. The van der Waals surface area contributed by atoms with Gasteiger partial charge in [-0.2, -0.15) is 0 Å². The standard InChI is InChI=1S/C16H11FN3S2/c17-12-6-8-13(9-7-12)18-15-19-20-14(10-21-16(20)22-15)11-4-2-1-3-5-11/h1-10H,(H,18,19)/q+1. The highest BCUT2D eigenvalue weighted by molar-refractivity contribution is 7.36. The van der Waals surface area contributed by atoms with Crippen LogP contribution in [0.3, 0.4) is 0 Å². The van der Waals surface area contributed by atoms with Crippen molar-refractivity contribution < 1.29 is 8.91 Å². The van der Waals surface area contributed by atoms with E-state index < -0.39 is 0 Å². The molecule has 0 bridgehead atoms. The van der Waals surface area contributed by atoms with E-state index in [4.69, 9.17) is 0 Å². The van der Waals surface area contributed by atoms with Crippen molar-refractivity contribution in [2.45, 2.75) is 0 Å². The second kappa shape index (κ2) is 5.47. The molecule has 0 saturated carbocycles. The van der Waals surface area contributed by atoms with Gasteiger partial charge in [-0.05, 0) is 52.3 Å². The largest absolute Gasteiger partial charge is 0.354 e. The van der Waals surface area contributed by atoms with E-state index in [1.165, 1.54) is 12.1 Å². The first-order valence-electron chi connectivity index (χ1n) is 6.68. The monoisotopic (exact) mass is 328 g/mol. The Hall–Kier alpha value is -2.31. The molecule has 0 aliphatic rings. The first-order chi connectivity index (χ1) is 10.8. The fourth-order valence-electron chi connectivity index (χ4n) is 2.17. The number of fused-ring (bicyclic) bond motifs is 1. The third-order valence-electron chi connectivity index (χ3n) is 3.21. The van der Waals surface area contributed by atoms with Crippen LogP contribution < -0.4 is 9.83 Å². The van der Waals surface area contributed by atoms with Gasteiger partial charge in [0.2, 0.25) is 0 Å². The molecule has 0 unspecified atom stereocenters. The summed E-state index contributed by atoms with van der Waals surface area (Å²) in [5.74, 6) is -0.244. The third kappa shape index (κ3) is 2.47. The molecule has 0 atom stereocenters. The number of aromatic nitrogens is 2. The molecule has 4 aromatic rings. The van der Waals surface area contributed by atoms with Gasteiger partial charge in [0, 0.05) is 10.8 Å². The van der Waals surface area contributed by atoms with Gasteiger partial charge < -0.3 is 5.32 Å². The quantitative estimate of drug-likeness (QED) is 0.561. The topological polar surface area (TPSA) is 29.0 Å². The molecule has 4 rings (SSSR count). The summed E-state index contributed by atoms with van der Waals surface area (Å²) in [6, 6.07) is 16.4. The van der Waals surface area contributed by atoms with Gasteiger partial charge in [-0.3, -0.25) is 0 Å². The molecule has 3 nitrogen and oxygen atoms in total. The number of halogens is 1. The van der Waals surface area contributed by atoms with Crippen LogP contribution in [-0.2, 0) is 0 Å². The molecule has 108 valence electrons. The average Bonchev–Trinajstić information content (AvgIpc) is 3.10. The van der Waals surface area contributed by atoms with Crippen molar-refractivity contribution >= 4 is 37.6 Å². The summed E-state index contributed by atoms with van der Waals surface area (Å²) in [5.41, 5.74) is 3.03. The van der Waals surface area contributed by atoms with Crippen molar-refractivity contribution in [3.63, 3.8) is 0 Å². The minimum atomic E-state index is -0.244. The smallest absolute Gasteiger partial charge is 0.326 e. The van der Waals surface area contributed by atoms with E-state index in [1.54, 1.807) is 34.8 Å². The second-order valence-electron chi connectivity index (χ2n) is 4.70. The SMILES string of the molecule is Fc1ccc(Nc2n[n+]3c(-c4ccccc4)csc3s2)cc1. The third-order valence-corrected chi connectivity index (χ3v) is 5.19. The van der Waals surface area contributed by atoms with E-state index >= 15 is 0 Å². The van der Waals surface area contributed by atoms with Crippen LogP contribution in [0.25, 0.3) is 15.4 Å². The molecule has 0 aliphatic carbocycles. The normalized spacial score (nSPS) is 11.0. The Morgan fingerprint density at radius 3 is 2.55 bits per heavy atom. The Labute approximate surface area is 134 Å².